The maximum absolute atomic E-state index is 7.90. The molecule has 2 nitrogen and oxygen atoms in total. The zero-order chi connectivity index (χ0) is 14.5. The van der Waals surface area contributed by atoms with Crippen molar-refractivity contribution in [1.29, 1.82) is 5.41 Å². The Morgan fingerprint density at radius 2 is 1.95 bits per heavy atom. The van der Waals surface area contributed by atoms with Crippen LogP contribution in [-0.4, -0.2) is 11.6 Å². The van der Waals surface area contributed by atoms with Crippen LogP contribution < -0.4 is 5.32 Å². The first-order chi connectivity index (χ1) is 9.61. The molecule has 0 aromatic heterocycles. The van der Waals surface area contributed by atoms with Gasteiger partial charge < -0.3 is 10.7 Å². The first-order valence-corrected chi connectivity index (χ1v) is 7.73. The molecule has 2 aromatic rings. The summed E-state index contributed by atoms with van der Waals surface area (Å²) >= 11 is 15.3. The third-order valence-electron chi connectivity index (χ3n) is 2.87. The van der Waals surface area contributed by atoms with Crippen LogP contribution in [0.1, 0.15) is 11.1 Å². The van der Waals surface area contributed by atoms with Gasteiger partial charge in [-0.15, -0.1) is 11.6 Å². The monoisotopic (exact) mass is 370 g/mol. The molecule has 0 radical (unpaired) electrons. The van der Waals surface area contributed by atoms with Crippen molar-refractivity contribution in [3.63, 3.8) is 0 Å². The standard InChI is InChI=1S/C15H13BrCl2N2/c16-11-5-6-12(14(19)8-17)15(7-11)20-9-10-3-1-2-4-13(10)18/h1-7,19-20H,8-9H2. The van der Waals surface area contributed by atoms with Crippen molar-refractivity contribution in [2.75, 3.05) is 11.2 Å². The van der Waals surface area contributed by atoms with Crippen molar-refractivity contribution in [3.8, 4) is 0 Å². The highest BCUT2D eigenvalue weighted by molar-refractivity contribution is 9.10. The van der Waals surface area contributed by atoms with Crippen LogP contribution >= 0.6 is 39.1 Å². The fourth-order valence-corrected chi connectivity index (χ4v) is 2.54. The van der Waals surface area contributed by atoms with Gasteiger partial charge >= 0.3 is 0 Å². The average Bonchev–Trinajstić information content (AvgIpc) is 2.46. The van der Waals surface area contributed by atoms with Crippen molar-refractivity contribution in [2.45, 2.75) is 6.54 Å². The third kappa shape index (κ3) is 3.75. The Kier molecular flexibility index (Phi) is 5.46. The number of alkyl halides is 1. The predicted molar refractivity (Wildman–Crippen MR) is 90.5 cm³/mol. The molecule has 2 N–H and O–H groups in total. The van der Waals surface area contributed by atoms with Gasteiger partial charge in [-0.25, -0.2) is 0 Å². The van der Waals surface area contributed by atoms with Gasteiger partial charge in [0.25, 0.3) is 0 Å². The van der Waals surface area contributed by atoms with Gasteiger partial charge in [-0.3, -0.25) is 0 Å². The molecule has 0 aliphatic rings. The normalized spacial score (nSPS) is 10.3. The SMILES string of the molecule is N=C(CCl)c1ccc(Br)cc1NCc1ccccc1Cl. The number of benzene rings is 2. The Labute approximate surface area is 136 Å². The highest BCUT2D eigenvalue weighted by atomic mass is 79.9. The van der Waals surface area contributed by atoms with Crippen molar-refractivity contribution >= 4 is 50.5 Å². The lowest BCUT2D eigenvalue weighted by atomic mass is 10.1. The summed E-state index contributed by atoms with van der Waals surface area (Å²) in [5.74, 6) is 0.183. The summed E-state index contributed by atoms with van der Waals surface area (Å²) in [6.07, 6.45) is 0. The lowest BCUT2D eigenvalue weighted by Crippen LogP contribution is -2.08. The molecule has 0 amide bonds. The Hall–Kier alpha value is -1.03. The fraction of sp³-hybridized carbons (Fsp3) is 0.133. The molecule has 104 valence electrons. The molecule has 0 heterocycles. The summed E-state index contributed by atoms with van der Waals surface area (Å²) < 4.78 is 0.949. The van der Waals surface area contributed by atoms with Crippen LogP contribution in [0.5, 0.6) is 0 Å². The van der Waals surface area contributed by atoms with Gasteiger partial charge in [-0.1, -0.05) is 45.7 Å². The maximum atomic E-state index is 7.90. The third-order valence-corrected chi connectivity index (χ3v) is 4.00. The smallest absolute Gasteiger partial charge is 0.0647 e. The van der Waals surface area contributed by atoms with E-state index in [1.54, 1.807) is 0 Å². The van der Waals surface area contributed by atoms with Gasteiger partial charge in [0.05, 0.1) is 11.6 Å². The van der Waals surface area contributed by atoms with Crippen LogP contribution in [0, 0.1) is 5.41 Å². The first kappa shape index (κ1) is 15.4. The van der Waals surface area contributed by atoms with Crippen LogP contribution in [0.25, 0.3) is 0 Å². The topological polar surface area (TPSA) is 35.9 Å². The quantitative estimate of drug-likeness (QED) is 0.541. The molecule has 0 saturated heterocycles. The number of nitrogens with one attached hydrogen (secondary N) is 2. The number of hydrogen-bond acceptors (Lipinski definition) is 2. The summed E-state index contributed by atoms with van der Waals surface area (Å²) in [4.78, 5) is 0. The van der Waals surface area contributed by atoms with Crippen LogP contribution in [0.3, 0.4) is 0 Å². The predicted octanol–water partition coefficient (Wildman–Crippen LogP) is 5.32. The average molecular weight is 372 g/mol. The number of hydrogen-bond donors (Lipinski definition) is 2. The molecule has 2 rings (SSSR count). The van der Waals surface area contributed by atoms with Crippen molar-refractivity contribution < 1.29 is 0 Å². The van der Waals surface area contributed by atoms with Crippen LogP contribution in [0.2, 0.25) is 5.02 Å². The van der Waals surface area contributed by atoms with Gasteiger partial charge in [0.2, 0.25) is 0 Å². The van der Waals surface area contributed by atoms with E-state index < -0.39 is 0 Å². The Morgan fingerprint density at radius 3 is 2.65 bits per heavy atom. The molecule has 2 aromatic carbocycles. The molecule has 0 aliphatic heterocycles. The second kappa shape index (κ2) is 7.11. The lowest BCUT2D eigenvalue weighted by molar-refractivity contribution is 1.15. The van der Waals surface area contributed by atoms with E-state index in [1.807, 2.05) is 42.5 Å². The minimum atomic E-state index is 0.183. The van der Waals surface area contributed by atoms with Gasteiger partial charge in [0, 0.05) is 27.3 Å². The molecular formula is C15H13BrCl2N2. The summed E-state index contributed by atoms with van der Waals surface area (Å²) in [7, 11) is 0. The van der Waals surface area contributed by atoms with E-state index >= 15 is 0 Å². The Bertz CT molecular complexity index is 629. The minimum Gasteiger partial charge on any atom is -0.380 e. The molecule has 0 aliphatic carbocycles. The van der Waals surface area contributed by atoms with Crippen molar-refractivity contribution in [3.05, 3.63) is 63.1 Å². The Balaban J connectivity index is 2.22. The minimum absolute atomic E-state index is 0.183. The zero-order valence-electron chi connectivity index (χ0n) is 10.6. The molecule has 0 unspecified atom stereocenters. The summed E-state index contributed by atoms with van der Waals surface area (Å²) in [5.41, 5.74) is 3.07. The van der Waals surface area contributed by atoms with E-state index in [4.69, 9.17) is 28.6 Å². The molecule has 0 fully saturated rings. The molecule has 0 spiro atoms. The lowest BCUT2D eigenvalue weighted by Gasteiger charge is -2.13. The second-order valence-electron chi connectivity index (χ2n) is 4.25. The highest BCUT2D eigenvalue weighted by Crippen LogP contribution is 2.24. The highest BCUT2D eigenvalue weighted by Gasteiger charge is 2.08. The number of halogens is 3. The van der Waals surface area contributed by atoms with Gasteiger partial charge in [0.15, 0.2) is 0 Å². The maximum Gasteiger partial charge on any atom is 0.0647 e. The second-order valence-corrected chi connectivity index (χ2v) is 5.84. The molecular weight excluding hydrogens is 359 g/mol. The van der Waals surface area contributed by atoms with Gasteiger partial charge in [-0.05, 0) is 29.8 Å². The number of anilines is 1. The van der Waals surface area contributed by atoms with E-state index in [0.29, 0.717) is 12.3 Å². The van der Waals surface area contributed by atoms with E-state index in [9.17, 15) is 0 Å². The van der Waals surface area contributed by atoms with E-state index in [2.05, 4.69) is 21.2 Å². The van der Waals surface area contributed by atoms with E-state index in [-0.39, 0.29) is 5.88 Å². The Morgan fingerprint density at radius 1 is 1.20 bits per heavy atom. The fourth-order valence-electron chi connectivity index (χ4n) is 1.83. The van der Waals surface area contributed by atoms with Crippen LogP contribution in [0.4, 0.5) is 5.69 Å². The van der Waals surface area contributed by atoms with Gasteiger partial charge in [0.1, 0.15) is 0 Å². The summed E-state index contributed by atoms with van der Waals surface area (Å²) in [5, 5.41) is 11.9. The molecule has 0 bridgehead atoms. The van der Waals surface area contributed by atoms with Crippen molar-refractivity contribution in [2.24, 2.45) is 0 Å². The summed E-state index contributed by atoms with van der Waals surface area (Å²) in [6, 6.07) is 13.4. The van der Waals surface area contributed by atoms with E-state index in [0.717, 1.165) is 26.3 Å². The molecule has 20 heavy (non-hydrogen) atoms. The molecule has 0 atom stereocenters. The molecule has 0 saturated carbocycles. The van der Waals surface area contributed by atoms with Crippen LogP contribution in [-0.2, 0) is 6.54 Å². The first-order valence-electron chi connectivity index (χ1n) is 6.02. The largest absolute Gasteiger partial charge is 0.380 e. The van der Waals surface area contributed by atoms with Crippen molar-refractivity contribution in [1.82, 2.24) is 0 Å². The number of rotatable bonds is 5. The van der Waals surface area contributed by atoms with E-state index in [1.165, 1.54) is 0 Å². The molecule has 5 heteroatoms. The zero-order valence-corrected chi connectivity index (χ0v) is 13.7. The summed E-state index contributed by atoms with van der Waals surface area (Å²) in [6.45, 7) is 0.596. The van der Waals surface area contributed by atoms with Crippen LogP contribution in [0.15, 0.2) is 46.9 Å². The van der Waals surface area contributed by atoms with Gasteiger partial charge in [-0.2, -0.15) is 0 Å².